The molecule has 0 aliphatic heterocycles. The first-order chi connectivity index (χ1) is 13.8. The zero-order valence-electron chi connectivity index (χ0n) is 19.0. The van der Waals surface area contributed by atoms with Gasteiger partial charge in [0.25, 0.3) is 0 Å². The van der Waals surface area contributed by atoms with Gasteiger partial charge in [0.05, 0.1) is 0 Å². The number of fused-ring (bicyclic) bond motifs is 1. The monoisotopic (exact) mass is 380 g/mol. The van der Waals surface area contributed by atoms with Crippen molar-refractivity contribution in [3.63, 3.8) is 0 Å². The Bertz CT molecular complexity index is 667. The van der Waals surface area contributed by atoms with E-state index in [-0.39, 0.29) is 0 Å². The molecule has 0 saturated carbocycles. The molecule has 0 heterocycles. The van der Waals surface area contributed by atoms with Gasteiger partial charge < -0.3 is 0 Å². The molecule has 0 nitrogen and oxygen atoms in total. The van der Waals surface area contributed by atoms with Crippen molar-refractivity contribution in [2.75, 3.05) is 0 Å². The van der Waals surface area contributed by atoms with Crippen LogP contribution in [0.4, 0.5) is 0 Å². The normalized spacial score (nSPS) is 11.4. The zero-order valence-corrected chi connectivity index (χ0v) is 19.0. The summed E-state index contributed by atoms with van der Waals surface area (Å²) in [7, 11) is 0. The van der Waals surface area contributed by atoms with Gasteiger partial charge >= 0.3 is 0 Å². The minimum absolute atomic E-state index is 1.27. The van der Waals surface area contributed by atoms with Gasteiger partial charge in [-0.1, -0.05) is 109 Å². The fraction of sp³-hybridized carbons (Fsp3) is 0.643. The molecule has 28 heavy (non-hydrogen) atoms. The molecule has 0 fully saturated rings. The summed E-state index contributed by atoms with van der Waals surface area (Å²) >= 11 is 0. The molecular formula is C28H44. The number of unbranched alkanes of at least 4 members (excludes halogenated alkanes) is 9. The van der Waals surface area contributed by atoms with Gasteiger partial charge in [0.2, 0.25) is 0 Å². The van der Waals surface area contributed by atoms with Gasteiger partial charge in [-0.15, -0.1) is 0 Å². The highest BCUT2D eigenvalue weighted by molar-refractivity contribution is 5.88. The van der Waals surface area contributed by atoms with Crippen molar-refractivity contribution in [3.05, 3.63) is 47.0 Å². The molecule has 0 aliphatic rings. The fourth-order valence-electron chi connectivity index (χ4n) is 4.55. The number of rotatable bonds is 15. The molecule has 0 saturated heterocycles. The molecule has 2 aromatic rings. The van der Waals surface area contributed by atoms with Crippen LogP contribution >= 0.6 is 0 Å². The summed E-state index contributed by atoms with van der Waals surface area (Å²) in [5.41, 5.74) is 5.08. The molecule has 0 amide bonds. The van der Waals surface area contributed by atoms with Gasteiger partial charge in [0.15, 0.2) is 0 Å². The number of hydrogen-bond donors (Lipinski definition) is 0. The van der Waals surface area contributed by atoms with E-state index in [2.05, 4.69) is 51.1 Å². The van der Waals surface area contributed by atoms with E-state index in [0.717, 1.165) is 0 Å². The van der Waals surface area contributed by atoms with Gasteiger partial charge in [-0.3, -0.25) is 0 Å². The maximum Gasteiger partial charge on any atom is -0.0149 e. The predicted octanol–water partition coefficient (Wildman–Crippen LogP) is 9.21. The second kappa shape index (κ2) is 13.8. The zero-order chi connectivity index (χ0) is 20.0. The van der Waals surface area contributed by atoms with E-state index in [0.29, 0.717) is 0 Å². The number of hydrogen-bond acceptors (Lipinski definition) is 0. The van der Waals surface area contributed by atoms with Gasteiger partial charge in [-0.05, 0) is 66.0 Å². The second-order valence-corrected chi connectivity index (χ2v) is 8.65. The maximum absolute atomic E-state index is 2.53. The van der Waals surface area contributed by atoms with Crippen LogP contribution in [0.2, 0.25) is 0 Å². The Morgan fingerprint density at radius 1 is 0.536 bits per heavy atom. The van der Waals surface area contributed by atoms with Gasteiger partial charge in [0, 0.05) is 0 Å². The lowest BCUT2D eigenvalue weighted by Crippen LogP contribution is -2.03. The van der Waals surface area contributed by atoms with E-state index in [4.69, 9.17) is 0 Å². The SMILES string of the molecule is CCCCCCc1cc2ccccc2c(CCCCCC)c1CCCCCC. The first kappa shape index (κ1) is 23.0. The molecular weight excluding hydrogens is 336 g/mol. The van der Waals surface area contributed by atoms with Crippen molar-refractivity contribution in [1.82, 2.24) is 0 Å². The maximum atomic E-state index is 2.53. The third-order valence-corrected chi connectivity index (χ3v) is 6.23. The van der Waals surface area contributed by atoms with E-state index < -0.39 is 0 Å². The summed E-state index contributed by atoms with van der Waals surface area (Å²) in [4.78, 5) is 0. The molecule has 0 bridgehead atoms. The Hall–Kier alpha value is -1.30. The predicted molar refractivity (Wildman–Crippen MR) is 127 cm³/mol. The molecule has 0 unspecified atom stereocenters. The molecule has 0 N–H and O–H groups in total. The molecule has 0 atom stereocenters. The summed E-state index contributed by atoms with van der Waals surface area (Å²) in [6.45, 7) is 6.93. The van der Waals surface area contributed by atoms with Crippen LogP contribution in [0.3, 0.4) is 0 Å². The highest BCUT2D eigenvalue weighted by atomic mass is 14.2. The minimum atomic E-state index is 1.27. The molecule has 0 radical (unpaired) electrons. The molecule has 2 rings (SSSR count). The lowest BCUT2D eigenvalue weighted by atomic mass is 9.86. The second-order valence-electron chi connectivity index (χ2n) is 8.65. The topological polar surface area (TPSA) is 0 Å². The molecule has 0 aromatic heterocycles. The van der Waals surface area contributed by atoms with E-state index in [1.54, 1.807) is 16.7 Å². The fourth-order valence-corrected chi connectivity index (χ4v) is 4.55. The first-order valence-electron chi connectivity index (χ1n) is 12.3. The molecule has 2 aromatic carbocycles. The first-order valence-corrected chi connectivity index (χ1v) is 12.3. The Morgan fingerprint density at radius 3 is 1.68 bits per heavy atom. The molecule has 0 aliphatic carbocycles. The lowest BCUT2D eigenvalue weighted by Gasteiger charge is -2.19. The van der Waals surface area contributed by atoms with E-state index in [1.165, 1.54) is 107 Å². The number of benzene rings is 2. The van der Waals surface area contributed by atoms with Crippen molar-refractivity contribution in [3.8, 4) is 0 Å². The van der Waals surface area contributed by atoms with Crippen molar-refractivity contribution in [2.45, 2.75) is 117 Å². The van der Waals surface area contributed by atoms with Crippen molar-refractivity contribution >= 4 is 10.8 Å². The summed E-state index contributed by atoms with van der Waals surface area (Å²) < 4.78 is 0. The summed E-state index contributed by atoms with van der Waals surface area (Å²) in [5, 5.41) is 3.00. The lowest BCUT2D eigenvalue weighted by molar-refractivity contribution is 0.641. The van der Waals surface area contributed by atoms with Crippen LogP contribution in [0.15, 0.2) is 30.3 Å². The van der Waals surface area contributed by atoms with E-state index >= 15 is 0 Å². The van der Waals surface area contributed by atoms with Crippen LogP contribution in [0.25, 0.3) is 10.8 Å². The Labute approximate surface area is 175 Å². The van der Waals surface area contributed by atoms with Gasteiger partial charge in [-0.2, -0.15) is 0 Å². The van der Waals surface area contributed by atoms with Crippen molar-refractivity contribution < 1.29 is 0 Å². The van der Waals surface area contributed by atoms with Crippen LogP contribution in [0, 0.1) is 0 Å². The third kappa shape index (κ3) is 7.26. The standard InChI is InChI=1S/C28H44/c1-4-7-10-13-18-24-23-25-19-16-17-21-27(25)28(22-15-12-9-6-3)26(24)20-14-11-8-5-2/h16-17,19,21,23H,4-15,18,20,22H2,1-3H3. The summed E-state index contributed by atoms with van der Waals surface area (Å²) in [6, 6.07) is 11.7. The molecule has 0 heteroatoms. The average Bonchev–Trinajstić information content (AvgIpc) is 2.72. The Morgan fingerprint density at radius 2 is 1.07 bits per heavy atom. The smallest absolute Gasteiger partial charge is 0.0149 e. The van der Waals surface area contributed by atoms with Crippen molar-refractivity contribution in [2.24, 2.45) is 0 Å². The van der Waals surface area contributed by atoms with Crippen LogP contribution in [0.1, 0.15) is 115 Å². The highest BCUT2D eigenvalue weighted by Crippen LogP contribution is 2.30. The van der Waals surface area contributed by atoms with Crippen LogP contribution in [-0.2, 0) is 19.3 Å². The van der Waals surface area contributed by atoms with Crippen LogP contribution < -0.4 is 0 Å². The Balaban J connectivity index is 2.29. The molecule has 156 valence electrons. The molecule has 0 spiro atoms. The van der Waals surface area contributed by atoms with Gasteiger partial charge in [0.1, 0.15) is 0 Å². The summed E-state index contributed by atoms with van der Waals surface area (Å²) in [6.07, 6.45) is 20.1. The van der Waals surface area contributed by atoms with Crippen LogP contribution in [-0.4, -0.2) is 0 Å². The Kier molecular flexibility index (Phi) is 11.3. The quantitative estimate of drug-likeness (QED) is 0.270. The number of aryl methyl sites for hydroxylation is 2. The largest absolute Gasteiger partial charge is 0.0654 e. The highest BCUT2D eigenvalue weighted by Gasteiger charge is 2.13. The van der Waals surface area contributed by atoms with Crippen LogP contribution in [0.5, 0.6) is 0 Å². The summed E-state index contributed by atoms with van der Waals surface area (Å²) in [5.74, 6) is 0. The van der Waals surface area contributed by atoms with Gasteiger partial charge in [-0.25, -0.2) is 0 Å². The van der Waals surface area contributed by atoms with Crippen molar-refractivity contribution in [1.29, 1.82) is 0 Å². The average molecular weight is 381 g/mol. The minimum Gasteiger partial charge on any atom is -0.0654 e. The third-order valence-electron chi connectivity index (χ3n) is 6.23. The van der Waals surface area contributed by atoms with E-state index in [1.807, 2.05) is 0 Å². The van der Waals surface area contributed by atoms with E-state index in [9.17, 15) is 0 Å².